The Labute approximate surface area is 117 Å². The van der Waals surface area contributed by atoms with Crippen molar-refractivity contribution in [1.82, 2.24) is 10.2 Å². The molecule has 112 valence electrons. The van der Waals surface area contributed by atoms with Crippen molar-refractivity contribution in [1.29, 1.82) is 0 Å². The quantitative estimate of drug-likeness (QED) is 0.605. The molecule has 0 aromatic heterocycles. The minimum absolute atomic E-state index is 0.313. The van der Waals surface area contributed by atoms with Crippen LogP contribution in [0.5, 0.6) is 0 Å². The van der Waals surface area contributed by atoms with Crippen LogP contribution in [0.15, 0.2) is 0 Å². The number of hydrogen-bond acceptors (Lipinski definition) is 3. The Morgan fingerprint density at radius 1 is 1.21 bits per heavy atom. The molecule has 0 aliphatic heterocycles. The average Bonchev–Trinajstić information content (AvgIpc) is 3.19. The minimum atomic E-state index is -0.722. The molecule has 4 heteroatoms. The summed E-state index contributed by atoms with van der Waals surface area (Å²) in [7, 11) is 0. The molecule has 0 bridgehead atoms. The Morgan fingerprint density at radius 2 is 1.79 bits per heavy atom. The van der Waals surface area contributed by atoms with E-state index in [9.17, 15) is 9.90 Å². The number of hydrogen-bond donors (Lipinski definition) is 2. The molecule has 1 rings (SSSR count). The van der Waals surface area contributed by atoms with E-state index >= 15 is 0 Å². The van der Waals surface area contributed by atoms with Crippen LogP contribution < -0.4 is 5.32 Å². The number of carboxylic acid groups (broad SMARTS) is 1. The largest absolute Gasteiger partial charge is 0.480 e. The fraction of sp³-hybridized carbons (Fsp3) is 0.933. The molecule has 19 heavy (non-hydrogen) atoms. The molecule has 0 amide bonds. The summed E-state index contributed by atoms with van der Waals surface area (Å²) in [6, 6.07) is 0. The van der Waals surface area contributed by atoms with Crippen LogP contribution in [0.2, 0.25) is 0 Å². The third-order valence-electron chi connectivity index (χ3n) is 3.90. The highest BCUT2D eigenvalue weighted by Gasteiger charge is 2.51. The maximum Gasteiger partial charge on any atom is 0.325 e. The van der Waals surface area contributed by atoms with Crippen LogP contribution in [0, 0.1) is 5.92 Å². The van der Waals surface area contributed by atoms with Gasteiger partial charge in [0.05, 0.1) is 0 Å². The Hall–Kier alpha value is -0.610. The Kier molecular flexibility index (Phi) is 6.80. The van der Waals surface area contributed by atoms with E-state index in [1.165, 1.54) is 0 Å². The van der Waals surface area contributed by atoms with Crippen molar-refractivity contribution in [2.24, 2.45) is 5.92 Å². The van der Waals surface area contributed by atoms with Gasteiger partial charge < -0.3 is 15.3 Å². The van der Waals surface area contributed by atoms with E-state index < -0.39 is 11.5 Å². The van der Waals surface area contributed by atoms with Crippen LogP contribution in [0.4, 0.5) is 0 Å². The first-order chi connectivity index (χ1) is 9.10. The number of nitrogens with zero attached hydrogens (tertiary/aromatic N) is 1. The van der Waals surface area contributed by atoms with Crippen molar-refractivity contribution in [2.75, 3.05) is 26.2 Å². The van der Waals surface area contributed by atoms with Crippen molar-refractivity contribution in [3.05, 3.63) is 0 Å². The second-order valence-corrected chi connectivity index (χ2v) is 5.75. The van der Waals surface area contributed by atoms with Gasteiger partial charge in [-0.1, -0.05) is 20.8 Å². The standard InChI is InChI=1S/C15H30N2O2/c1-4-9-16-15(14(18)19,13-7-8-13)12-17(10-5-2)11-6-3/h13,16H,4-12H2,1-3H3,(H,18,19). The fourth-order valence-corrected chi connectivity index (χ4v) is 2.83. The second kappa shape index (κ2) is 7.85. The number of carbonyl (C=O) groups is 1. The summed E-state index contributed by atoms with van der Waals surface area (Å²) in [5.74, 6) is -0.353. The zero-order valence-corrected chi connectivity index (χ0v) is 12.7. The van der Waals surface area contributed by atoms with E-state index in [2.05, 4.69) is 31.0 Å². The fourth-order valence-electron chi connectivity index (χ4n) is 2.83. The lowest BCUT2D eigenvalue weighted by Gasteiger charge is -2.36. The van der Waals surface area contributed by atoms with E-state index in [0.29, 0.717) is 12.5 Å². The molecule has 1 unspecified atom stereocenters. The maximum absolute atomic E-state index is 11.9. The van der Waals surface area contributed by atoms with Gasteiger partial charge in [0, 0.05) is 6.54 Å². The molecule has 1 aliphatic carbocycles. The minimum Gasteiger partial charge on any atom is -0.480 e. The van der Waals surface area contributed by atoms with Gasteiger partial charge in [-0.2, -0.15) is 0 Å². The monoisotopic (exact) mass is 270 g/mol. The van der Waals surface area contributed by atoms with Gasteiger partial charge >= 0.3 is 5.97 Å². The van der Waals surface area contributed by atoms with Gasteiger partial charge in [0.2, 0.25) is 0 Å². The van der Waals surface area contributed by atoms with Crippen molar-refractivity contribution < 1.29 is 9.90 Å². The van der Waals surface area contributed by atoms with E-state index in [4.69, 9.17) is 0 Å². The molecule has 1 saturated carbocycles. The van der Waals surface area contributed by atoms with Gasteiger partial charge in [0.25, 0.3) is 0 Å². The first kappa shape index (κ1) is 16.4. The van der Waals surface area contributed by atoms with Crippen LogP contribution in [-0.4, -0.2) is 47.7 Å². The summed E-state index contributed by atoms with van der Waals surface area (Å²) in [5.41, 5.74) is -0.722. The van der Waals surface area contributed by atoms with Crippen LogP contribution in [0.25, 0.3) is 0 Å². The molecule has 0 aromatic carbocycles. The van der Waals surface area contributed by atoms with Gasteiger partial charge in [-0.25, -0.2) is 0 Å². The van der Waals surface area contributed by atoms with Crippen molar-refractivity contribution in [2.45, 2.75) is 58.4 Å². The average molecular weight is 270 g/mol. The summed E-state index contributed by atoms with van der Waals surface area (Å²) in [6.45, 7) is 9.81. The third-order valence-corrected chi connectivity index (χ3v) is 3.90. The first-order valence-corrected chi connectivity index (χ1v) is 7.81. The van der Waals surface area contributed by atoms with Gasteiger partial charge in [0.1, 0.15) is 5.54 Å². The molecule has 0 radical (unpaired) electrons. The maximum atomic E-state index is 11.9. The molecule has 1 aliphatic rings. The lowest BCUT2D eigenvalue weighted by Crippen LogP contribution is -2.61. The van der Waals surface area contributed by atoms with E-state index in [1.807, 2.05) is 0 Å². The molecule has 0 spiro atoms. The molecule has 4 nitrogen and oxygen atoms in total. The first-order valence-electron chi connectivity index (χ1n) is 7.81. The normalized spacial score (nSPS) is 18.5. The van der Waals surface area contributed by atoms with Gasteiger partial charge in [-0.05, 0) is 57.7 Å². The van der Waals surface area contributed by atoms with E-state index in [1.54, 1.807) is 0 Å². The van der Waals surface area contributed by atoms with Gasteiger partial charge in [-0.15, -0.1) is 0 Å². The molecule has 0 aromatic rings. The highest BCUT2D eigenvalue weighted by Crippen LogP contribution is 2.40. The summed E-state index contributed by atoms with van der Waals surface area (Å²) < 4.78 is 0. The predicted octanol–water partition coefficient (Wildman–Crippen LogP) is 2.34. The lowest BCUT2D eigenvalue weighted by atomic mass is 9.91. The van der Waals surface area contributed by atoms with Crippen molar-refractivity contribution in [3.8, 4) is 0 Å². The van der Waals surface area contributed by atoms with Crippen LogP contribution in [0.1, 0.15) is 52.9 Å². The predicted molar refractivity (Wildman–Crippen MR) is 78.4 cm³/mol. The summed E-state index contributed by atoms with van der Waals surface area (Å²) >= 11 is 0. The molecule has 1 atom stereocenters. The SMILES string of the molecule is CCCNC(CN(CCC)CCC)(C(=O)O)C1CC1. The van der Waals surface area contributed by atoms with Gasteiger partial charge in [-0.3, -0.25) is 4.79 Å². The Balaban J connectivity index is 2.78. The van der Waals surface area contributed by atoms with E-state index in [0.717, 1.165) is 51.7 Å². The smallest absolute Gasteiger partial charge is 0.325 e. The van der Waals surface area contributed by atoms with Crippen molar-refractivity contribution in [3.63, 3.8) is 0 Å². The van der Waals surface area contributed by atoms with E-state index in [-0.39, 0.29) is 0 Å². The molecule has 0 heterocycles. The highest BCUT2D eigenvalue weighted by atomic mass is 16.4. The number of rotatable bonds is 11. The van der Waals surface area contributed by atoms with Gasteiger partial charge in [0.15, 0.2) is 0 Å². The molecule has 1 fully saturated rings. The zero-order chi connectivity index (χ0) is 14.3. The number of carboxylic acids is 1. The second-order valence-electron chi connectivity index (χ2n) is 5.75. The molecule has 0 saturated heterocycles. The Morgan fingerprint density at radius 3 is 2.16 bits per heavy atom. The van der Waals surface area contributed by atoms with Crippen LogP contribution >= 0.6 is 0 Å². The summed E-state index contributed by atoms with van der Waals surface area (Å²) in [5, 5.41) is 13.1. The Bertz CT molecular complexity index is 273. The topological polar surface area (TPSA) is 52.6 Å². The van der Waals surface area contributed by atoms with Crippen LogP contribution in [-0.2, 0) is 4.79 Å². The van der Waals surface area contributed by atoms with Crippen LogP contribution in [0.3, 0.4) is 0 Å². The number of aliphatic carboxylic acids is 1. The summed E-state index contributed by atoms with van der Waals surface area (Å²) in [6.07, 6.45) is 5.23. The summed E-state index contributed by atoms with van der Waals surface area (Å²) in [4.78, 5) is 14.2. The highest BCUT2D eigenvalue weighted by molar-refractivity contribution is 5.80. The lowest BCUT2D eigenvalue weighted by molar-refractivity contribution is -0.147. The zero-order valence-electron chi connectivity index (χ0n) is 12.7. The van der Waals surface area contributed by atoms with Crippen molar-refractivity contribution >= 4 is 5.97 Å². The molecular formula is C15H30N2O2. The number of nitrogens with one attached hydrogen (secondary N) is 1. The third kappa shape index (κ3) is 4.46. The molecule has 2 N–H and O–H groups in total. The molecular weight excluding hydrogens is 240 g/mol.